The van der Waals surface area contributed by atoms with Gasteiger partial charge in [-0.15, -0.1) is 0 Å². The zero-order chi connectivity index (χ0) is 9.80. The molecule has 2 aromatic rings. The molecule has 0 amide bonds. The van der Waals surface area contributed by atoms with E-state index in [4.69, 9.17) is 10.3 Å². The van der Waals surface area contributed by atoms with E-state index in [-0.39, 0.29) is 0 Å². The van der Waals surface area contributed by atoms with Crippen LogP contribution in [0.1, 0.15) is 16.8 Å². The van der Waals surface area contributed by atoms with Gasteiger partial charge < -0.3 is 10.3 Å². The van der Waals surface area contributed by atoms with E-state index in [2.05, 4.69) is 17.3 Å². The Balaban J connectivity index is 2.17. The van der Waals surface area contributed by atoms with E-state index in [9.17, 15) is 0 Å². The van der Waals surface area contributed by atoms with Crippen molar-refractivity contribution in [2.75, 3.05) is 0 Å². The van der Waals surface area contributed by atoms with Gasteiger partial charge >= 0.3 is 0 Å². The molecule has 3 heteroatoms. The highest BCUT2D eigenvalue weighted by atomic mass is 16.5. The lowest BCUT2D eigenvalue weighted by atomic mass is 10.1. The van der Waals surface area contributed by atoms with Crippen molar-refractivity contribution in [2.24, 2.45) is 5.73 Å². The summed E-state index contributed by atoms with van der Waals surface area (Å²) < 4.78 is 4.71. The van der Waals surface area contributed by atoms with Gasteiger partial charge in [0.15, 0.2) is 0 Å². The summed E-state index contributed by atoms with van der Waals surface area (Å²) in [5.74, 6) is 0. The van der Waals surface area contributed by atoms with Gasteiger partial charge in [-0.3, -0.25) is 0 Å². The normalized spacial score (nSPS) is 10.4. The molecule has 2 rings (SSSR count). The van der Waals surface area contributed by atoms with Crippen LogP contribution < -0.4 is 5.73 Å². The average Bonchev–Trinajstić information content (AvgIpc) is 2.71. The van der Waals surface area contributed by atoms with E-state index in [0.29, 0.717) is 6.54 Å². The Morgan fingerprint density at radius 3 is 2.93 bits per heavy atom. The minimum Gasteiger partial charge on any atom is -0.364 e. The van der Waals surface area contributed by atoms with Crippen molar-refractivity contribution in [3.63, 3.8) is 0 Å². The van der Waals surface area contributed by atoms with Crippen molar-refractivity contribution in [1.29, 1.82) is 0 Å². The molecular formula is C11H11N2O. The van der Waals surface area contributed by atoms with Crippen LogP contribution in [-0.2, 0) is 13.0 Å². The number of hydrogen-bond donors (Lipinski definition) is 1. The Morgan fingerprint density at radius 1 is 1.36 bits per heavy atom. The molecular weight excluding hydrogens is 176 g/mol. The van der Waals surface area contributed by atoms with Crippen LogP contribution in [0.15, 0.2) is 35.1 Å². The molecule has 1 aromatic carbocycles. The minimum atomic E-state index is 0.566. The first kappa shape index (κ1) is 8.97. The molecule has 0 saturated heterocycles. The molecule has 1 aromatic heterocycles. The molecule has 3 nitrogen and oxygen atoms in total. The second-order valence-corrected chi connectivity index (χ2v) is 3.11. The van der Waals surface area contributed by atoms with Gasteiger partial charge in [-0.2, -0.15) is 0 Å². The lowest BCUT2D eigenvalue weighted by Gasteiger charge is -2.00. The molecule has 0 aliphatic carbocycles. The number of benzene rings is 1. The smallest absolute Gasteiger partial charge is 0.132 e. The first-order valence-electron chi connectivity index (χ1n) is 4.47. The summed E-state index contributed by atoms with van der Waals surface area (Å²) >= 11 is 0. The van der Waals surface area contributed by atoms with E-state index in [0.717, 1.165) is 17.7 Å². The van der Waals surface area contributed by atoms with Gasteiger partial charge in [0.1, 0.15) is 6.26 Å². The van der Waals surface area contributed by atoms with Gasteiger partial charge in [0.05, 0.1) is 11.8 Å². The quantitative estimate of drug-likeness (QED) is 0.792. The molecule has 0 saturated carbocycles. The van der Waals surface area contributed by atoms with Gasteiger partial charge in [0, 0.05) is 13.0 Å². The van der Waals surface area contributed by atoms with Crippen molar-refractivity contribution < 1.29 is 4.52 Å². The number of nitrogens with two attached hydrogens (primary N) is 1. The largest absolute Gasteiger partial charge is 0.364 e. The number of aromatic nitrogens is 1. The third kappa shape index (κ3) is 2.00. The average molecular weight is 187 g/mol. The predicted molar refractivity (Wildman–Crippen MR) is 52.5 cm³/mol. The van der Waals surface area contributed by atoms with Crippen molar-refractivity contribution in [2.45, 2.75) is 13.0 Å². The van der Waals surface area contributed by atoms with Crippen LogP contribution in [0.3, 0.4) is 0 Å². The molecule has 2 N–H and O–H groups in total. The molecule has 0 bridgehead atoms. The highest BCUT2D eigenvalue weighted by Crippen LogP contribution is 2.09. The summed E-state index contributed by atoms with van der Waals surface area (Å²) in [6.07, 6.45) is 2.20. The van der Waals surface area contributed by atoms with Crippen LogP contribution in [0.4, 0.5) is 0 Å². The third-order valence-electron chi connectivity index (χ3n) is 2.04. The summed E-state index contributed by atoms with van der Waals surface area (Å²) in [5.41, 5.74) is 8.68. The Bertz CT molecular complexity index is 395. The topological polar surface area (TPSA) is 52.0 Å². The zero-order valence-electron chi connectivity index (χ0n) is 7.73. The van der Waals surface area contributed by atoms with Crippen LogP contribution in [-0.4, -0.2) is 5.16 Å². The summed E-state index contributed by atoms with van der Waals surface area (Å²) in [4.78, 5) is 0. The SMILES string of the molecule is NCc1cccc(Cc2[c]con2)c1. The Morgan fingerprint density at radius 2 is 2.21 bits per heavy atom. The molecule has 0 fully saturated rings. The third-order valence-corrected chi connectivity index (χ3v) is 2.04. The Labute approximate surface area is 82.5 Å². The van der Waals surface area contributed by atoms with Gasteiger partial charge in [-0.25, -0.2) is 0 Å². The zero-order valence-corrected chi connectivity index (χ0v) is 7.73. The molecule has 0 aliphatic heterocycles. The second-order valence-electron chi connectivity index (χ2n) is 3.11. The Hall–Kier alpha value is -1.61. The van der Waals surface area contributed by atoms with E-state index in [1.165, 1.54) is 11.8 Å². The summed E-state index contributed by atoms with van der Waals surface area (Å²) in [7, 11) is 0. The molecule has 0 unspecified atom stereocenters. The molecule has 0 atom stereocenters. The minimum absolute atomic E-state index is 0.566. The van der Waals surface area contributed by atoms with Crippen LogP contribution in [0.2, 0.25) is 0 Å². The van der Waals surface area contributed by atoms with Crippen LogP contribution >= 0.6 is 0 Å². The van der Waals surface area contributed by atoms with Crippen molar-refractivity contribution in [3.8, 4) is 0 Å². The fraction of sp³-hybridized carbons (Fsp3) is 0.182. The van der Waals surface area contributed by atoms with E-state index in [1.54, 1.807) is 0 Å². The summed E-state index contributed by atoms with van der Waals surface area (Å²) in [5, 5.41) is 3.81. The monoisotopic (exact) mass is 187 g/mol. The lowest BCUT2D eigenvalue weighted by Crippen LogP contribution is -1.97. The Kier molecular flexibility index (Phi) is 2.60. The van der Waals surface area contributed by atoms with Crippen LogP contribution in [0.5, 0.6) is 0 Å². The van der Waals surface area contributed by atoms with Gasteiger partial charge in [0.2, 0.25) is 0 Å². The van der Waals surface area contributed by atoms with E-state index in [1.807, 2.05) is 18.2 Å². The maximum absolute atomic E-state index is 5.55. The fourth-order valence-electron chi connectivity index (χ4n) is 1.35. The maximum Gasteiger partial charge on any atom is 0.132 e. The lowest BCUT2D eigenvalue weighted by molar-refractivity contribution is 0.413. The van der Waals surface area contributed by atoms with Crippen LogP contribution in [0.25, 0.3) is 0 Å². The molecule has 14 heavy (non-hydrogen) atoms. The highest BCUT2D eigenvalue weighted by Gasteiger charge is 2.00. The second kappa shape index (κ2) is 4.07. The van der Waals surface area contributed by atoms with E-state index >= 15 is 0 Å². The molecule has 0 aliphatic rings. The molecule has 0 spiro atoms. The standard InChI is InChI=1S/C11H11N2O/c12-8-10-3-1-2-9(6-10)7-11-4-5-14-13-11/h1-3,5-6H,7-8,12H2. The summed E-state index contributed by atoms with van der Waals surface area (Å²) in [6.45, 7) is 0.566. The maximum atomic E-state index is 5.55. The van der Waals surface area contributed by atoms with Gasteiger partial charge in [-0.1, -0.05) is 29.4 Å². The van der Waals surface area contributed by atoms with Crippen molar-refractivity contribution in [3.05, 3.63) is 53.4 Å². The molecule has 1 heterocycles. The highest BCUT2D eigenvalue weighted by molar-refractivity contribution is 5.26. The van der Waals surface area contributed by atoms with Crippen LogP contribution in [0, 0.1) is 6.07 Å². The predicted octanol–water partition coefficient (Wildman–Crippen LogP) is 1.52. The van der Waals surface area contributed by atoms with Crippen molar-refractivity contribution in [1.82, 2.24) is 5.16 Å². The molecule has 1 radical (unpaired) electrons. The number of nitrogens with zero attached hydrogens (tertiary/aromatic N) is 1. The summed E-state index contributed by atoms with van der Waals surface area (Å²) in [6, 6.07) is 11.0. The number of hydrogen-bond acceptors (Lipinski definition) is 3. The fourth-order valence-corrected chi connectivity index (χ4v) is 1.35. The first-order chi connectivity index (χ1) is 6.88. The van der Waals surface area contributed by atoms with Gasteiger partial charge in [-0.05, 0) is 11.1 Å². The van der Waals surface area contributed by atoms with Gasteiger partial charge in [0.25, 0.3) is 0 Å². The number of rotatable bonds is 3. The molecule has 71 valence electrons. The first-order valence-corrected chi connectivity index (χ1v) is 4.47. The van der Waals surface area contributed by atoms with Crippen molar-refractivity contribution >= 4 is 0 Å². The van der Waals surface area contributed by atoms with E-state index < -0.39 is 0 Å².